The summed E-state index contributed by atoms with van der Waals surface area (Å²) in [5.41, 5.74) is 3.51. The number of ether oxygens (including phenoxy) is 1. The van der Waals surface area contributed by atoms with E-state index in [1.54, 1.807) is 11.3 Å². The van der Waals surface area contributed by atoms with E-state index in [0.29, 0.717) is 16.9 Å². The molecule has 6 nitrogen and oxygen atoms in total. The molecule has 1 N–H and O–H groups in total. The van der Waals surface area contributed by atoms with Crippen LogP contribution in [0.2, 0.25) is 0 Å². The first-order chi connectivity index (χ1) is 14.7. The van der Waals surface area contributed by atoms with Gasteiger partial charge in [0.15, 0.2) is 5.82 Å². The number of hydrogen-bond donors (Lipinski definition) is 1. The SMILES string of the molecule is Cc1cc(CCN2CCCOCC2)cc2c(=O)[nH]c(-c3cc4sccc4cn3)nc12. The molecular formula is C23H24N4O2S. The summed E-state index contributed by atoms with van der Waals surface area (Å²) in [6.07, 6.45) is 3.82. The van der Waals surface area contributed by atoms with Crippen LogP contribution in [-0.2, 0) is 11.2 Å². The van der Waals surface area contributed by atoms with Crippen LogP contribution in [0.5, 0.6) is 0 Å². The van der Waals surface area contributed by atoms with Gasteiger partial charge in [-0.25, -0.2) is 4.98 Å². The van der Waals surface area contributed by atoms with Crippen LogP contribution in [0.25, 0.3) is 32.5 Å². The Bertz CT molecular complexity index is 1260. The average molecular weight is 421 g/mol. The zero-order valence-electron chi connectivity index (χ0n) is 17.0. The highest BCUT2D eigenvalue weighted by Gasteiger charge is 2.13. The minimum atomic E-state index is -0.115. The number of nitrogens with one attached hydrogen (secondary N) is 1. The van der Waals surface area contributed by atoms with Gasteiger partial charge in [-0.3, -0.25) is 9.78 Å². The highest BCUT2D eigenvalue weighted by molar-refractivity contribution is 7.17. The van der Waals surface area contributed by atoms with Crippen molar-refractivity contribution in [2.24, 2.45) is 0 Å². The molecule has 4 heterocycles. The summed E-state index contributed by atoms with van der Waals surface area (Å²) < 4.78 is 6.67. The van der Waals surface area contributed by atoms with E-state index in [1.807, 2.05) is 36.7 Å². The monoisotopic (exact) mass is 420 g/mol. The van der Waals surface area contributed by atoms with E-state index in [4.69, 9.17) is 9.72 Å². The summed E-state index contributed by atoms with van der Waals surface area (Å²) in [6.45, 7) is 6.69. The number of thiophene rings is 1. The van der Waals surface area contributed by atoms with Crippen LogP contribution in [0.1, 0.15) is 17.5 Å². The first-order valence-corrected chi connectivity index (χ1v) is 11.2. The Balaban J connectivity index is 1.45. The maximum Gasteiger partial charge on any atom is 0.259 e. The normalized spacial score (nSPS) is 15.6. The second kappa shape index (κ2) is 8.26. The Morgan fingerprint density at radius 2 is 2.17 bits per heavy atom. The molecule has 0 spiro atoms. The fourth-order valence-corrected chi connectivity index (χ4v) is 4.85. The summed E-state index contributed by atoms with van der Waals surface area (Å²) in [5, 5.41) is 3.78. The van der Waals surface area contributed by atoms with Crippen LogP contribution in [0, 0.1) is 6.92 Å². The van der Waals surface area contributed by atoms with Gasteiger partial charge in [0.05, 0.1) is 17.5 Å². The largest absolute Gasteiger partial charge is 0.380 e. The van der Waals surface area contributed by atoms with Gasteiger partial charge < -0.3 is 14.6 Å². The van der Waals surface area contributed by atoms with E-state index >= 15 is 0 Å². The van der Waals surface area contributed by atoms with E-state index in [2.05, 4.69) is 20.9 Å². The third-order valence-electron chi connectivity index (χ3n) is 5.67. The number of aromatic nitrogens is 3. The van der Waals surface area contributed by atoms with Crippen molar-refractivity contribution in [2.75, 3.05) is 32.8 Å². The standard InChI is InChI=1S/C23H24N4O2S/c1-15-11-16(3-6-27-5-2-8-29-9-7-27)12-18-21(15)25-22(26-23(18)28)19-13-20-17(14-24-19)4-10-30-20/h4,10-14H,2-3,5-9H2,1H3,(H,25,26,28). The predicted molar refractivity (Wildman–Crippen MR) is 121 cm³/mol. The van der Waals surface area contributed by atoms with Crippen LogP contribution in [-0.4, -0.2) is 52.7 Å². The first-order valence-electron chi connectivity index (χ1n) is 10.3. The quantitative estimate of drug-likeness (QED) is 0.544. The molecule has 154 valence electrons. The van der Waals surface area contributed by atoms with Gasteiger partial charge in [-0.05, 0) is 54.5 Å². The summed E-state index contributed by atoms with van der Waals surface area (Å²) in [4.78, 5) is 27.5. The van der Waals surface area contributed by atoms with Crippen molar-refractivity contribution in [3.8, 4) is 11.5 Å². The zero-order chi connectivity index (χ0) is 20.5. The van der Waals surface area contributed by atoms with Gasteiger partial charge in [0.2, 0.25) is 0 Å². The average Bonchev–Trinajstić information content (AvgIpc) is 3.06. The molecule has 30 heavy (non-hydrogen) atoms. The van der Waals surface area contributed by atoms with Gasteiger partial charge in [0, 0.05) is 42.5 Å². The summed E-state index contributed by atoms with van der Waals surface area (Å²) in [7, 11) is 0. The zero-order valence-corrected chi connectivity index (χ0v) is 17.8. The molecule has 1 aromatic carbocycles. The Hall–Kier alpha value is -2.61. The molecule has 0 atom stereocenters. The highest BCUT2D eigenvalue weighted by atomic mass is 32.1. The topological polar surface area (TPSA) is 71.1 Å². The number of H-pyrrole nitrogens is 1. The number of aryl methyl sites for hydroxylation is 1. The fraction of sp³-hybridized carbons (Fsp3) is 0.348. The number of fused-ring (bicyclic) bond motifs is 2. The van der Waals surface area contributed by atoms with Gasteiger partial charge in [-0.2, -0.15) is 0 Å². The van der Waals surface area contributed by atoms with E-state index in [-0.39, 0.29) is 5.56 Å². The highest BCUT2D eigenvalue weighted by Crippen LogP contribution is 2.25. The van der Waals surface area contributed by atoms with Gasteiger partial charge in [0.1, 0.15) is 5.69 Å². The minimum absolute atomic E-state index is 0.115. The number of hydrogen-bond acceptors (Lipinski definition) is 6. The van der Waals surface area contributed by atoms with Crippen molar-refractivity contribution in [3.05, 3.63) is 57.3 Å². The molecule has 0 radical (unpaired) electrons. The first kappa shape index (κ1) is 19.4. The number of nitrogens with zero attached hydrogens (tertiary/aromatic N) is 3. The van der Waals surface area contributed by atoms with Crippen LogP contribution >= 0.6 is 11.3 Å². The second-order valence-corrected chi connectivity index (χ2v) is 8.76. The predicted octanol–water partition coefficient (Wildman–Crippen LogP) is 3.77. The van der Waals surface area contributed by atoms with Gasteiger partial charge in [-0.15, -0.1) is 11.3 Å². The summed E-state index contributed by atoms with van der Waals surface area (Å²) in [5.74, 6) is 0.517. The van der Waals surface area contributed by atoms with Crippen LogP contribution < -0.4 is 5.56 Å². The van der Waals surface area contributed by atoms with E-state index < -0.39 is 0 Å². The smallest absolute Gasteiger partial charge is 0.259 e. The Kier molecular flexibility index (Phi) is 5.33. The summed E-state index contributed by atoms with van der Waals surface area (Å²) >= 11 is 1.66. The molecule has 0 unspecified atom stereocenters. The molecule has 7 heteroatoms. The Labute approximate surface area is 178 Å². The van der Waals surface area contributed by atoms with Crippen molar-refractivity contribution in [1.29, 1.82) is 0 Å². The van der Waals surface area contributed by atoms with Crippen molar-refractivity contribution in [3.63, 3.8) is 0 Å². The van der Waals surface area contributed by atoms with Crippen molar-refractivity contribution in [2.45, 2.75) is 19.8 Å². The molecule has 0 bridgehead atoms. The van der Waals surface area contributed by atoms with Crippen LogP contribution in [0.3, 0.4) is 0 Å². The molecule has 4 aromatic rings. The van der Waals surface area contributed by atoms with Gasteiger partial charge in [-0.1, -0.05) is 6.07 Å². The molecule has 0 saturated carbocycles. The number of aromatic amines is 1. The molecule has 3 aromatic heterocycles. The number of rotatable bonds is 4. The van der Waals surface area contributed by atoms with Crippen molar-refractivity contribution >= 4 is 32.3 Å². The number of benzene rings is 1. The Morgan fingerprint density at radius 3 is 3.10 bits per heavy atom. The number of pyridine rings is 1. The van der Waals surface area contributed by atoms with Crippen molar-refractivity contribution < 1.29 is 4.74 Å². The molecule has 5 rings (SSSR count). The van der Waals surface area contributed by atoms with E-state index in [1.165, 1.54) is 5.56 Å². The van der Waals surface area contributed by atoms with Crippen LogP contribution in [0.4, 0.5) is 0 Å². The lowest BCUT2D eigenvalue weighted by molar-refractivity contribution is 0.141. The molecule has 1 fully saturated rings. The third-order valence-corrected chi connectivity index (χ3v) is 6.55. The lowest BCUT2D eigenvalue weighted by Gasteiger charge is -2.19. The minimum Gasteiger partial charge on any atom is -0.380 e. The lowest BCUT2D eigenvalue weighted by Crippen LogP contribution is -2.28. The van der Waals surface area contributed by atoms with E-state index in [0.717, 1.165) is 66.9 Å². The fourth-order valence-electron chi connectivity index (χ4n) is 4.05. The molecule has 1 aliphatic heterocycles. The maximum atomic E-state index is 12.9. The maximum absolute atomic E-state index is 12.9. The molecule has 0 aliphatic carbocycles. The second-order valence-electron chi connectivity index (χ2n) is 7.81. The molecular weight excluding hydrogens is 396 g/mol. The molecule has 1 aliphatic rings. The summed E-state index contributed by atoms with van der Waals surface area (Å²) in [6, 6.07) is 8.17. The van der Waals surface area contributed by atoms with E-state index in [9.17, 15) is 4.79 Å². The molecule has 0 amide bonds. The van der Waals surface area contributed by atoms with Gasteiger partial charge in [0.25, 0.3) is 5.56 Å². The van der Waals surface area contributed by atoms with Gasteiger partial charge >= 0.3 is 0 Å². The molecule has 1 saturated heterocycles. The lowest BCUT2D eigenvalue weighted by atomic mass is 10.0. The Morgan fingerprint density at radius 1 is 1.23 bits per heavy atom. The van der Waals surface area contributed by atoms with Crippen molar-refractivity contribution in [1.82, 2.24) is 19.9 Å². The van der Waals surface area contributed by atoms with Crippen LogP contribution in [0.15, 0.2) is 40.6 Å². The third kappa shape index (κ3) is 3.88.